The van der Waals surface area contributed by atoms with Crippen LogP contribution >= 0.6 is 0 Å². The molecule has 1 aliphatic rings. The van der Waals surface area contributed by atoms with Crippen LogP contribution < -0.4 is 19.7 Å². The Labute approximate surface area is 175 Å². The largest absolute Gasteiger partial charge is 0.488 e. The van der Waals surface area contributed by atoms with E-state index in [-0.39, 0.29) is 5.75 Å². The predicted molar refractivity (Wildman–Crippen MR) is 109 cm³/mol. The molecule has 0 amide bonds. The van der Waals surface area contributed by atoms with Crippen molar-refractivity contribution in [1.82, 2.24) is 24.6 Å². The number of rotatable bonds is 5. The second kappa shape index (κ2) is 7.67. The molecule has 1 aliphatic heterocycles. The van der Waals surface area contributed by atoms with Gasteiger partial charge in [0.25, 0.3) is 0 Å². The van der Waals surface area contributed by atoms with Gasteiger partial charge in [-0.05, 0) is 30.3 Å². The van der Waals surface area contributed by atoms with Gasteiger partial charge in [0, 0.05) is 36.9 Å². The average Bonchev–Trinajstić information content (AvgIpc) is 3.17. The summed E-state index contributed by atoms with van der Waals surface area (Å²) in [4.78, 5) is 15.5. The SMILES string of the molecule is CN1CCOc2cc(-c3nccn4nc(Nc5ccc(OC(F)F)cc5)nc34)cnc21. The zero-order valence-corrected chi connectivity index (χ0v) is 16.4. The smallest absolute Gasteiger partial charge is 0.387 e. The van der Waals surface area contributed by atoms with Crippen LogP contribution in [-0.2, 0) is 0 Å². The number of nitrogens with zero attached hydrogens (tertiary/aromatic N) is 6. The Morgan fingerprint density at radius 2 is 2.03 bits per heavy atom. The summed E-state index contributed by atoms with van der Waals surface area (Å²) in [6, 6.07) is 7.97. The molecule has 11 heteroatoms. The van der Waals surface area contributed by atoms with Gasteiger partial charge in [-0.2, -0.15) is 13.8 Å². The van der Waals surface area contributed by atoms with Crippen LogP contribution in [0.15, 0.2) is 48.9 Å². The third-order valence-corrected chi connectivity index (χ3v) is 4.74. The Morgan fingerprint density at radius 3 is 2.84 bits per heavy atom. The van der Waals surface area contributed by atoms with E-state index in [0.29, 0.717) is 35.3 Å². The quantitative estimate of drug-likeness (QED) is 0.521. The standard InChI is InChI=1S/C20H17F2N7O2/c1-28-8-9-30-15-10-12(11-24-17(15)28)16-18-26-20(27-29(18)7-6-23-16)25-13-2-4-14(5-3-13)31-19(21)22/h2-7,10-11,19H,8-9H2,1H3,(H,25,27). The Hall–Kier alpha value is -4.02. The van der Waals surface area contributed by atoms with E-state index in [2.05, 4.69) is 30.1 Å². The minimum Gasteiger partial charge on any atom is -0.488 e. The maximum atomic E-state index is 12.3. The van der Waals surface area contributed by atoms with E-state index in [1.807, 2.05) is 18.0 Å². The number of halogens is 2. The van der Waals surface area contributed by atoms with Crippen LogP contribution in [0.4, 0.5) is 26.2 Å². The second-order valence-electron chi connectivity index (χ2n) is 6.82. The van der Waals surface area contributed by atoms with Crippen molar-refractivity contribution >= 4 is 23.1 Å². The predicted octanol–water partition coefficient (Wildman–Crippen LogP) is 3.36. The molecule has 0 spiro atoms. The fourth-order valence-electron chi connectivity index (χ4n) is 3.28. The van der Waals surface area contributed by atoms with Gasteiger partial charge in [0.1, 0.15) is 18.1 Å². The first-order chi connectivity index (χ1) is 15.1. The van der Waals surface area contributed by atoms with Crippen molar-refractivity contribution in [2.75, 3.05) is 30.4 Å². The summed E-state index contributed by atoms with van der Waals surface area (Å²) in [6.45, 7) is -1.50. The van der Waals surface area contributed by atoms with Gasteiger partial charge in [0.05, 0.1) is 6.54 Å². The highest BCUT2D eigenvalue weighted by molar-refractivity contribution is 5.76. The van der Waals surface area contributed by atoms with Crippen LogP contribution in [0.25, 0.3) is 16.9 Å². The molecule has 1 aromatic carbocycles. The number of alkyl halides is 2. The van der Waals surface area contributed by atoms with Crippen LogP contribution in [0.2, 0.25) is 0 Å². The molecule has 0 saturated heterocycles. The highest BCUT2D eigenvalue weighted by Crippen LogP contribution is 2.33. The molecule has 0 bridgehead atoms. The molecule has 0 unspecified atom stereocenters. The summed E-state index contributed by atoms with van der Waals surface area (Å²) >= 11 is 0. The molecule has 4 heterocycles. The van der Waals surface area contributed by atoms with E-state index in [1.54, 1.807) is 35.2 Å². The lowest BCUT2D eigenvalue weighted by Gasteiger charge is -2.26. The number of ether oxygens (including phenoxy) is 2. The molecular formula is C20H17F2N7O2. The molecule has 0 aliphatic carbocycles. The molecule has 0 radical (unpaired) electrons. The van der Waals surface area contributed by atoms with Gasteiger partial charge in [-0.25, -0.2) is 9.50 Å². The van der Waals surface area contributed by atoms with Crippen LogP contribution in [0.1, 0.15) is 0 Å². The summed E-state index contributed by atoms with van der Waals surface area (Å²) < 4.78 is 36.3. The number of anilines is 3. The van der Waals surface area contributed by atoms with Crippen molar-refractivity contribution in [3.8, 4) is 22.8 Å². The molecule has 0 atom stereocenters. The van der Waals surface area contributed by atoms with Crippen molar-refractivity contribution in [3.05, 3.63) is 48.9 Å². The maximum Gasteiger partial charge on any atom is 0.387 e. The normalized spacial score (nSPS) is 13.2. The van der Waals surface area contributed by atoms with Gasteiger partial charge >= 0.3 is 6.61 Å². The third kappa shape index (κ3) is 3.77. The van der Waals surface area contributed by atoms with Crippen LogP contribution in [0, 0.1) is 0 Å². The van der Waals surface area contributed by atoms with E-state index in [4.69, 9.17) is 4.74 Å². The van der Waals surface area contributed by atoms with Crippen molar-refractivity contribution in [2.24, 2.45) is 0 Å². The van der Waals surface area contributed by atoms with E-state index >= 15 is 0 Å². The molecular weight excluding hydrogens is 408 g/mol. The van der Waals surface area contributed by atoms with E-state index < -0.39 is 6.61 Å². The number of benzene rings is 1. The summed E-state index contributed by atoms with van der Waals surface area (Å²) in [7, 11) is 1.97. The molecule has 3 aromatic heterocycles. The maximum absolute atomic E-state index is 12.3. The van der Waals surface area contributed by atoms with Crippen molar-refractivity contribution in [3.63, 3.8) is 0 Å². The van der Waals surface area contributed by atoms with Crippen molar-refractivity contribution < 1.29 is 18.3 Å². The van der Waals surface area contributed by atoms with Crippen molar-refractivity contribution in [1.29, 1.82) is 0 Å². The number of likely N-dealkylation sites (N-methyl/N-ethyl adjacent to an activating group) is 1. The van der Waals surface area contributed by atoms with Gasteiger partial charge in [-0.15, -0.1) is 5.10 Å². The lowest BCUT2D eigenvalue weighted by molar-refractivity contribution is -0.0498. The van der Waals surface area contributed by atoms with Crippen LogP contribution in [0.5, 0.6) is 11.5 Å². The lowest BCUT2D eigenvalue weighted by atomic mass is 10.2. The number of nitrogens with one attached hydrogen (secondary N) is 1. The number of pyridine rings is 1. The first kappa shape index (κ1) is 19.0. The molecule has 0 fully saturated rings. The Kier molecular flexibility index (Phi) is 4.69. The molecule has 31 heavy (non-hydrogen) atoms. The minimum atomic E-state index is -2.87. The molecule has 5 rings (SSSR count). The first-order valence-corrected chi connectivity index (χ1v) is 9.44. The monoisotopic (exact) mass is 425 g/mol. The van der Waals surface area contributed by atoms with Crippen LogP contribution in [0.3, 0.4) is 0 Å². The number of hydrogen-bond donors (Lipinski definition) is 1. The summed E-state index contributed by atoms with van der Waals surface area (Å²) in [6.07, 6.45) is 5.05. The summed E-state index contributed by atoms with van der Waals surface area (Å²) in [5.41, 5.74) is 2.52. The average molecular weight is 425 g/mol. The second-order valence-corrected chi connectivity index (χ2v) is 6.82. The summed E-state index contributed by atoms with van der Waals surface area (Å²) in [5.74, 6) is 1.88. The topological polar surface area (TPSA) is 89.7 Å². The molecule has 4 aromatic rings. The minimum absolute atomic E-state index is 0.0720. The fraction of sp³-hybridized carbons (Fsp3) is 0.200. The van der Waals surface area contributed by atoms with Gasteiger partial charge in [-0.3, -0.25) is 4.98 Å². The van der Waals surface area contributed by atoms with E-state index in [0.717, 1.165) is 17.9 Å². The molecule has 9 nitrogen and oxygen atoms in total. The zero-order valence-electron chi connectivity index (χ0n) is 16.4. The molecule has 1 N–H and O–H groups in total. The van der Waals surface area contributed by atoms with Crippen LogP contribution in [-0.4, -0.2) is 51.4 Å². The molecule has 158 valence electrons. The van der Waals surface area contributed by atoms with E-state index in [1.165, 1.54) is 12.1 Å². The van der Waals surface area contributed by atoms with Gasteiger partial charge in [0.2, 0.25) is 5.95 Å². The lowest BCUT2D eigenvalue weighted by Crippen LogP contribution is -2.29. The van der Waals surface area contributed by atoms with E-state index in [9.17, 15) is 8.78 Å². The van der Waals surface area contributed by atoms with Crippen molar-refractivity contribution in [2.45, 2.75) is 6.61 Å². The number of hydrogen-bond acceptors (Lipinski definition) is 8. The van der Waals surface area contributed by atoms with Gasteiger partial charge < -0.3 is 19.7 Å². The molecule has 0 saturated carbocycles. The first-order valence-electron chi connectivity index (χ1n) is 9.44. The fourth-order valence-corrected chi connectivity index (χ4v) is 3.28. The Balaban J connectivity index is 1.44. The zero-order chi connectivity index (χ0) is 21.4. The highest BCUT2D eigenvalue weighted by atomic mass is 19.3. The third-order valence-electron chi connectivity index (χ3n) is 4.74. The van der Waals surface area contributed by atoms with Gasteiger partial charge in [0.15, 0.2) is 17.2 Å². The Morgan fingerprint density at radius 1 is 1.19 bits per heavy atom. The van der Waals surface area contributed by atoms with Gasteiger partial charge in [-0.1, -0.05) is 0 Å². The summed E-state index contributed by atoms with van der Waals surface area (Å²) in [5, 5.41) is 7.46. The highest BCUT2D eigenvalue weighted by Gasteiger charge is 2.19. The Bertz CT molecular complexity index is 1230. The number of fused-ring (bicyclic) bond motifs is 2. The number of aromatic nitrogens is 5.